The minimum absolute atomic E-state index is 0.168. The van der Waals surface area contributed by atoms with Crippen molar-refractivity contribution in [3.8, 4) is 0 Å². The number of carbonyl (C=O) groups excluding carboxylic acids is 1. The molecular formula is C24H46N4O8. The minimum atomic E-state index is -0.956. The third-order valence-electron chi connectivity index (χ3n) is 5.29. The summed E-state index contributed by atoms with van der Waals surface area (Å²) in [6, 6.07) is -0.259. The van der Waals surface area contributed by atoms with Crippen molar-refractivity contribution < 1.29 is 38.3 Å². The fourth-order valence-corrected chi connectivity index (χ4v) is 3.56. The third-order valence-corrected chi connectivity index (χ3v) is 5.29. The predicted octanol–water partition coefficient (Wildman–Crippen LogP) is 1.22. The number of allylic oxidation sites excluding steroid dienone is 1. The first kappa shape index (κ1) is 31.9. The molecule has 0 saturated carbocycles. The zero-order valence-corrected chi connectivity index (χ0v) is 22.2. The maximum atomic E-state index is 12.8. The molecule has 1 heterocycles. The van der Waals surface area contributed by atoms with Gasteiger partial charge in [0.1, 0.15) is 6.10 Å². The molecule has 0 aromatic heterocycles. The van der Waals surface area contributed by atoms with Crippen molar-refractivity contribution in [3.05, 3.63) is 11.8 Å². The Morgan fingerprint density at radius 2 is 1.69 bits per heavy atom. The quantitative estimate of drug-likeness (QED) is 0.111. The van der Waals surface area contributed by atoms with E-state index in [-0.39, 0.29) is 12.0 Å². The van der Waals surface area contributed by atoms with E-state index in [4.69, 9.17) is 39.6 Å². The molecule has 36 heavy (non-hydrogen) atoms. The Balaban J connectivity index is 2.31. The van der Waals surface area contributed by atoms with Gasteiger partial charge in [-0.25, -0.2) is 4.79 Å². The maximum Gasteiger partial charge on any atom is 0.410 e. The van der Waals surface area contributed by atoms with Gasteiger partial charge in [0.25, 0.3) is 0 Å². The summed E-state index contributed by atoms with van der Waals surface area (Å²) in [6.45, 7) is 12.0. The molecule has 1 aliphatic heterocycles. The number of likely N-dealkylation sites (N-methyl/N-ethyl adjacent to an activating group) is 1. The number of aliphatic hydroxyl groups excluding tert-OH is 1. The molecule has 210 valence electrons. The van der Waals surface area contributed by atoms with Crippen molar-refractivity contribution in [3.63, 3.8) is 0 Å². The molecule has 0 saturated heterocycles. The van der Waals surface area contributed by atoms with Gasteiger partial charge in [-0.05, 0) is 33.3 Å². The Kier molecular flexibility index (Phi) is 16.9. The number of hydrogen-bond acceptors (Lipinski definition) is 9. The first-order chi connectivity index (χ1) is 17.3. The van der Waals surface area contributed by atoms with Gasteiger partial charge in [0.2, 0.25) is 0 Å². The van der Waals surface area contributed by atoms with Crippen LogP contribution in [0.2, 0.25) is 0 Å². The van der Waals surface area contributed by atoms with Gasteiger partial charge in [-0.1, -0.05) is 6.92 Å². The van der Waals surface area contributed by atoms with E-state index in [1.807, 2.05) is 6.92 Å². The molecule has 4 atom stereocenters. The van der Waals surface area contributed by atoms with E-state index < -0.39 is 24.4 Å². The lowest BCUT2D eigenvalue weighted by Gasteiger charge is -2.36. The number of aliphatic hydroxyl groups is 1. The molecule has 0 aliphatic carbocycles. The van der Waals surface area contributed by atoms with E-state index in [1.54, 1.807) is 19.9 Å². The van der Waals surface area contributed by atoms with Crippen LogP contribution in [-0.4, -0.2) is 112 Å². The van der Waals surface area contributed by atoms with Crippen LogP contribution in [0.5, 0.6) is 0 Å². The normalized spacial score (nSPS) is 19.1. The van der Waals surface area contributed by atoms with Gasteiger partial charge >= 0.3 is 6.09 Å². The summed E-state index contributed by atoms with van der Waals surface area (Å²) in [5.74, 6) is 0.432. The molecular weight excluding hydrogens is 472 g/mol. The zero-order chi connectivity index (χ0) is 26.8. The van der Waals surface area contributed by atoms with Crippen LogP contribution in [0.25, 0.3) is 0 Å². The van der Waals surface area contributed by atoms with Gasteiger partial charge in [0.05, 0.1) is 64.2 Å². The molecule has 1 aliphatic rings. The zero-order valence-electron chi connectivity index (χ0n) is 22.2. The largest absolute Gasteiger partial charge is 0.491 e. The van der Waals surface area contributed by atoms with Crippen molar-refractivity contribution in [1.82, 2.24) is 10.2 Å². The summed E-state index contributed by atoms with van der Waals surface area (Å²) >= 11 is 0. The van der Waals surface area contributed by atoms with Crippen LogP contribution in [0, 0.1) is 5.41 Å². The third kappa shape index (κ3) is 13.8. The topological polar surface area (TPSA) is 158 Å². The summed E-state index contributed by atoms with van der Waals surface area (Å²) in [7, 11) is 0. The molecule has 12 nitrogen and oxygen atoms in total. The molecule has 0 bridgehead atoms. The van der Waals surface area contributed by atoms with Gasteiger partial charge in [0, 0.05) is 26.1 Å². The smallest absolute Gasteiger partial charge is 0.410 e. The van der Waals surface area contributed by atoms with Crippen LogP contribution in [0.15, 0.2) is 11.8 Å². The monoisotopic (exact) mass is 518 g/mol. The lowest BCUT2D eigenvalue weighted by Crippen LogP contribution is -2.50. The Hall–Kier alpha value is -2.12. The number of carbonyl (C=O) groups is 1. The number of ether oxygens (including phenoxy) is 6. The standard InChI is InChI=1S/C24H46N4O8/c1-5-8-31-10-12-33-14-15-34-13-11-32-9-7-28(6-2)24(30)36-22(19(4)29)21-17-20(27-23(25)26)16-18(3)35-21/h16,19-22,29H,5-15,17H2,1-4H3,(H4,25,26,27). The van der Waals surface area contributed by atoms with Crippen molar-refractivity contribution in [1.29, 1.82) is 5.41 Å². The molecule has 12 heteroatoms. The molecule has 1 amide bonds. The molecule has 0 aromatic carbocycles. The number of nitrogens with zero attached hydrogens (tertiary/aromatic N) is 1. The Labute approximate surface area is 214 Å². The highest BCUT2D eigenvalue weighted by molar-refractivity contribution is 5.74. The summed E-state index contributed by atoms with van der Waals surface area (Å²) in [5, 5.41) is 20.6. The highest BCUT2D eigenvalue weighted by Crippen LogP contribution is 2.24. The second kappa shape index (κ2) is 19.1. The number of amides is 1. The molecule has 5 N–H and O–H groups in total. The molecule has 0 aromatic rings. The van der Waals surface area contributed by atoms with Gasteiger partial charge in [-0.15, -0.1) is 0 Å². The first-order valence-corrected chi connectivity index (χ1v) is 12.7. The first-order valence-electron chi connectivity index (χ1n) is 12.7. The lowest BCUT2D eigenvalue weighted by molar-refractivity contribution is -0.0863. The average Bonchev–Trinajstić information content (AvgIpc) is 2.81. The van der Waals surface area contributed by atoms with E-state index in [0.717, 1.165) is 13.0 Å². The second-order valence-corrected chi connectivity index (χ2v) is 8.45. The van der Waals surface area contributed by atoms with Crippen LogP contribution < -0.4 is 11.1 Å². The van der Waals surface area contributed by atoms with Gasteiger partial charge in [0.15, 0.2) is 12.1 Å². The van der Waals surface area contributed by atoms with Gasteiger partial charge in [-0.2, -0.15) is 0 Å². The summed E-state index contributed by atoms with van der Waals surface area (Å²) < 4.78 is 33.2. The van der Waals surface area contributed by atoms with E-state index in [1.165, 1.54) is 4.90 Å². The Bertz CT molecular complexity index is 650. The van der Waals surface area contributed by atoms with Crippen LogP contribution in [-0.2, 0) is 28.4 Å². The van der Waals surface area contributed by atoms with E-state index >= 15 is 0 Å². The maximum absolute atomic E-state index is 12.8. The number of hydrogen-bond donors (Lipinski definition) is 4. The van der Waals surface area contributed by atoms with Crippen molar-refractivity contribution in [2.75, 3.05) is 65.9 Å². The fourth-order valence-electron chi connectivity index (χ4n) is 3.56. The predicted molar refractivity (Wildman–Crippen MR) is 135 cm³/mol. The van der Waals surface area contributed by atoms with Gasteiger partial charge in [-0.3, -0.25) is 5.41 Å². The number of guanidine groups is 1. The van der Waals surface area contributed by atoms with E-state index in [9.17, 15) is 9.90 Å². The number of nitrogens with one attached hydrogen (secondary N) is 2. The Morgan fingerprint density at radius 1 is 1.14 bits per heavy atom. The highest BCUT2D eigenvalue weighted by Gasteiger charge is 2.36. The highest BCUT2D eigenvalue weighted by atomic mass is 16.6. The van der Waals surface area contributed by atoms with Crippen LogP contribution in [0.3, 0.4) is 0 Å². The van der Waals surface area contributed by atoms with Crippen LogP contribution in [0.1, 0.15) is 40.5 Å². The molecule has 4 unspecified atom stereocenters. The summed E-state index contributed by atoms with van der Waals surface area (Å²) in [5.41, 5.74) is 5.44. The van der Waals surface area contributed by atoms with Crippen molar-refractivity contribution >= 4 is 12.1 Å². The van der Waals surface area contributed by atoms with Crippen LogP contribution in [0.4, 0.5) is 4.79 Å². The molecule has 0 spiro atoms. The van der Waals surface area contributed by atoms with Gasteiger partial charge < -0.3 is 49.5 Å². The Morgan fingerprint density at radius 3 is 2.19 bits per heavy atom. The second-order valence-electron chi connectivity index (χ2n) is 8.45. The molecule has 1 rings (SSSR count). The summed E-state index contributed by atoms with van der Waals surface area (Å²) in [4.78, 5) is 14.3. The van der Waals surface area contributed by atoms with Crippen molar-refractivity contribution in [2.24, 2.45) is 5.73 Å². The average molecular weight is 519 g/mol. The molecule has 0 radical (unpaired) electrons. The summed E-state index contributed by atoms with van der Waals surface area (Å²) in [6.07, 6.45) is 0.188. The van der Waals surface area contributed by atoms with Crippen LogP contribution >= 0.6 is 0 Å². The lowest BCUT2D eigenvalue weighted by atomic mass is 9.98. The number of nitrogens with two attached hydrogens (primary N) is 1. The molecule has 0 fully saturated rings. The minimum Gasteiger partial charge on any atom is -0.491 e. The fraction of sp³-hybridized carbons (Fsp3) is 0.833. The number of rotatable bonds is 19. The van der Waals surface area contributed by atoms with Crippen molar-refractivity contribution in [2.45, 2.75) is 64.9 Å². The van der Waals surface area contributed by atoms with E-state index in [2.05, 4.69) is 12.2 Å². The SMILES string of the molecule is CCCOCCOCCOCCOCCN(CC)C(=O)OC(C(C)O)C1CC(NC(=N)N)C=C(C)O1. The van der Waals surface area contributed by atoms with E-state index in [0.29, 0.717) is 71.5 Å².